The van der Waals surface area contributed by atoms with Gasteiger partial charge in [-0.1, -0.05) is 12.1 Å². The van der Waals surface area contributed by atoms with Crippen molar-refractivity contribution >= 4 is 11.9 Å². The molecule has 34 heavy (non-hydrogen) atoms. The number of aryl methyl sites for hydroxylation is 2. The molecule has 1 unspecified atom stereocenters. The molecule has 1 N–H and O–H groups in total. The zero-order valence-corrected chi connectivity index (χ0v) is 21.0. The van der Waals surface area contributed by atoms with Crippen molar-refractivity contribution in [2.45, 2.75) is 53.6 Å². The van der Waals surface area contributed by atoms with E-state index in [0.29, 0.717) is 22.5 Å². The van der Waals surface area contributed by atoms with Gasteiger partial charge in [0.15, 0.2) is 0 Å². The summed E-state index contributed by atoms with van der Waals surface area (Å²) in [5.74, 6) is -1.59. The van der Waals surface area contributed by atoms with Crippen LogP contribution in [0.1, 0.15) is 50.6 Å². The van der Waals surface area contributed by atoms with E-state index >= 15 is 0 Å². The number of rotatable bonds is 8. The third-order valence-electron chi connectivity index (χ3n) is 5.80. The maximum Gasteiger partial charge on any atom is 0.337 e. The first-order valence-corrected chi connectivity index (χ1v) is 11.5. The Labute approximate surface area is 201 Å². The van der Waals surface area contributed by atoms with Crippen molar-refractivity contribution in [2.75, 3.05) is 20.3 Å². The lowest BCUT2D eigenvalue weighted by Crippen LogP contribution is -2.33. The van der Waals surface area contributed by atoms with Crippen molar-refractivity contribution in [3.63, 3.8) is 0 Å². The van der Waals surface area contributed by atoms with Gasteiger partial charge in [0.05, 0.1) is 29.8 Å². The van der Waals surface area contributed by atoms with Gasteiger partial charge in [0.1, 0.15) is 6.61 Å². The van der Waals surface area contributed by atoms with Crippen LogP contribution in [0.25, 0.3) is 5.69 Å². The highest BCUT2D eigenvalue weighted by Gasteiger charge is 2.38. The van der Waals surface area contributed by atoms with E-state index in [2.05, 4.69) is 22.0 Å². The third kappa shape index (κ3) is 5.25. The fourth-order valence-electron chi connectivity index (χ4n) is 4.36. The molecule has 0 radical (unpaired) electrons. The number of dihydropyridines is 1. The van der Waals surface area contributed by atoms with E-state index in [0.717, 1.165) is 22.6 Å². The number of ether oxygens (including phenoxy) is 3. The van der Waals surface area contributed by atoms with Crippen molar-refractivity contribution in [3.05, 3.63) is 75.9 Å². The molecule has 0 saturated heterocycles. The van der Waals surface area contributed by atoms with Crippen LogP contribution in [0.15, 0.2) is 58.9 Å². The summed E-state index contributed by atoms with van der Waals surface area (Å²) in [4.78, 5) is 26.5. The Bertz CT molecular complexity index is 1120. The van der Waals surface area contributed by atoms with Gasteiger partial charge in [-0.3, -0.25) is 0 Å². The van der Waals surface area contributed by atoms with Crippen LogP contribution in [0.2, 0.25) is 0 Å². The summed E-state index contributed by atoms with van der Waals surface area (Å²) in [6, 6.07) is 12.0. The lowest BCUT2D eigenvalue weighted by atomic mass is 9.80. The summed E-state index contributed by atoms with van der Waals surface area (Å²) in [5.41, 5.74) is 6.03. The molecule has 2 aromatic rings. The number of nitrogens with zero attached hydrogens (tertiary/aromatic N) is 1. The standard InChI is InChI=1S/C27H34N2O5/c1-16(2)34-27(31)24-20(6)28-19(5)23(26(30)33-14-13-32-7)25(24)21-9-8-10-22(15-21)29-17(3)11-12-18(29)4/h8-12,15-16,25,28H,13-14H2,1-7H3. The Balaban J connectivity index is 2.15. The Kier molecular flexibility index (Phi) is 7.99. The Morgan fingerprint density at radius 1 is 0.941 bits per heavy atom. The zero-order valence-electron chi connectivity index (χ0n) is 21.0. The molecule has 182 valence electrons. The molecule has 1 aromatic carbocycles. The second kappa shape index (κ2) is 10.7. The number of carbonyl (C=O) groups is 2. The molecule has 1 atom stereocenters. The highest BCUT2D eigenvalue weighted by atomic mass is 16.6. The van der Waals surface area contributed by atoms with Gasteiger partial charge in [-0.15, -0.1) is 0 Å². The van der Waals surface area contributed by atoms with Crippen molar-refractivity contribution in [1.82, 2.24) is 9.88 Å². The maximum atomic E-state index is 13.2. The van der Waals surface area contributed by atoms with Gasteiger partial charge in [-0.05, 0) is 71.4 Å². The number of allylic oxidation sites excluding steroid dienone is 2. The number of benzene rings is 1. The average molecular weight is 467 g/mol. The number of carbonyl (C=O) groups excluding carboxylic acids is 2. The van der Waals surface area contributed by atoms with Gasteiger partial charge in [0, 0.05) is 35.6 Å². The first-order valence-electron chi connectivity index (χ1n) is 11.5. The molecule has 0 spiro atoms. The van der Waals surface area contributed by atoms with Crippen LogP contribution < -0.4 is 5.32 Å². The number of hydrogen-bond acceptors (Lipinski definition) is 6. The van der Waals surface area contributed by atoms with Gasteiger partial charge < -0.3 is 24.1 Å². The molecule has 0 aliphatic carbocycles. The topological polar surface area (TPSA) is 78.8 Å². The number of hydrogen-bond donors (Lipinski definition) is 1. The summed E-state index contributed by atoms with van der Waals surface area (Å²) in [5, 5.41) is 3.19. The number of methoxy groups -OCH3 is 1. The summed E-state index contributed by atoms with van der Waals surface area (Å²) >= 11 is 0. The maximum absolute atomic E-state index is 13.2. The van der Waals surface area contributed by atoms with Crippen LogP contribution in [0.4, 0.5) is 0 Å². The van der Waals surface area contributed by atoms with Crippen LogP contribution in [-0.4, -0.2) is 42.9 Å². The van der Waals surface area contributed by atoms with E-state index in [4.69, 9.17) is 14.2 Å². The minimum absolute atomic E-state index is 0.120. The van der Waals surface area contributed by atoms with E-state index in [9.17, 15) is 9.59 Å². The van der Waals surface area contributed by atoms with Crippen LogP contribution in [0.3, 0.4) is 0 Å². The zero-order chi connectivity index (χ0) is 25.0. The van der Waals surface area contributed by atoms with Gasteiger partial charge in [-0.2, -0.15) is 0 Å². The van der Waals surface area contributed by atoms with Gasteiger partial charge in [0.25, 0.3) is 0 Å². The summed E-state index contributed by atoms with van der Waals surface area (Å²) in [7, 11) is 1.55. The molecule has 2 heterocycles. The highest BCUT2D eigenvalue weighted by Crippen LogP contribution is 2.40. The minimum atomic E-state index is -0.640. The quantitative estimate of drug-likeness (QED) is 0.457. The Hall–Kier alpha value is -3.32. The first-order chi connectivity index (χ1) is 16.1. The smallest absolute Gasteiger partial charge is 0.337 e. The highest BCUT2D eigenvalue weighted by molar-refractivity contribution is 6.00. The Morgan fingerprint density at radius 3 is 2.15 bits per heavy atom. The molecule has 0 amide bonds. The Morgan fingerprint density at radius 2 is 1.56 bits per heavy atom. The molecule has 0 fully saturated rings. The summed E-state index contributed by atoms with van der Waals surface area (Å²) < 4.78 is 18.2. The van der Waals surface area contributed by atoms with E-state index in [1.165, 1.54) is 0 Å². The van der Waals surface area contributed by atoms with E-state index in [1.807, 2.05) is 52.0 Å². The average Bonchev–Trinajstić information content (AvgIpc) is 3.10. The number of esters is 2. The normalized spacial score (nSPS) is 16.1. The molecule has 1 aliphatic rings. The summed E-state index contributed by atoms with van der Waals surface area (Å²) in [6.07, 6.45) is -0.297. The molecule has 3 rings (SSSR count). The van der Waals surface area contributed by atoms with E-state index in [1.54, 1.807) is 21.0 Å². The largest absolute Gasteiger partial charge is 0.460 e. The first kappa shape index (κ1) is 25.3. The van der Waals surface area contributed by atoms with Gasteiger partial charge >= 0.3 is 11.9 Å². The molecule has 0 saturated carbocycles. The minimum Gasteiger partial charge on any atom is -0.460 e. The molecular weight excluding hydrogens is 432 g/mol. The molecule has 1 aliphatic heterocycles. The van der Waals surface area contributed by atoms with Crippen LogP contribution in [-0.2, 0) is 23.8 Å². The SMILES string of the molecule is COCCOC(=O)C1=C(C)NC(C)=C(C(=O)OC(C)C)C1c1cccc(-n2c(C)ccc2C)c1. The second-order valence-corrected chi connectivity index (χ2v) is 8.76. The van der Waals surface area contributed by atoms with Gasteiger partial charge in [0.2, 0.25) is 0 Å². The van der Waals surface area contributed by atoms with Crippen molar-refractivity contribution in [3.8, 4) is 5.69 Å². The number of nitrogens with one attached hydrogen (secondary N) is 1. The fourth-order valence-corrected chi connectivity index (χ4v) is 4.36. The molecule has 1 aromatic heterocycles. The van der Waals surface area contributed by atoms with Crippen molar-refractivity contribution in [1.29, 1.82) is 0 Å². The number of aromatic nitrogens is 1. The lowest BCUT2D eigenvalue weighted by Gasteiger charge is -2.31. The van der Waals surface area contributed by atoms with Crippen LogP contribution in [0.5, 0.6) is 0 Å². The van der Waals surface area contributed by atoms with Gasteiger partial charge in [-0.25, -0.2) is 9.59 Å². The monoisotopic (exact) mass is 466 g/mol. The fraction of sp³-hybridized carbons (Fsp3) is 0.407. The van der Waals surface area contributed by atoms with E-state index < -0.39 is 17.9 Å². The van der Waals surface area contributed by atoms with Crippen molar-refractivity contribution in [2.24, 2.45) is 0 Å². The second-order valence-electron chi connectivity index (χ2n) is 8.76. The lowest BCUT2D eigenvalue weighted by molar-refractivity contribution is -0.143. The molecular formula is C27H34N2O5. The molecule has 7 heteroatoms. The molecule has 7 nitrogen and oxygen atoms in total. The summed E-state index contributed by atoms with van der Waals surface area (Å²) in [6.45, 7) is 11.7. The van der Waals surface area contributed by atoms with Crippen LogP contribution >= 0.6 is 0 Å². The van der Waals surface area contributed by atoms with Crippen LogP contribution in [0, 0.1) is 13.8 Å². The van der Waals surface area contributed by atoms with Crippen molar-refractivity contribution < 1.29 is 23.8 Å². The predicted molar refractivity (Wildman–Crippen MR) is 131 cm³/mol. The molecule has 0 bridgehead atoms. The third-order valence-corrected chi connectivity index (χ3v) is 5.80. The predicted octanol–water partition coefficient (Wildman–Crippen LogP) is 4.47. The van der Waals surface area contributed by atoms with E-state index in [-0.39, 0.29) is 19.3 Å².